The van der Waals surface area contributed by atoms with E-state index in [4.69, 9.17) is 5.84 Å². The zero-order chi connectivity index (χ0) is 16.2. The summed E-state index contributed by atoms with van der Waals surface area (Å²) in [6, 6.07) is 8.47. The molecule has 0 aromatic heterocycles. The molecule has 1 aliphatic carbocycles. The van der Waals surface area contributed by atoms with E-state index >= 15 is 0 Å². The average molecular weight is 324 g/mol. The smallest absolute Gasteiger partial charge is 0.258 e. The van der Waals surface area contributed by atoms with Crippen molar-refractivity contribution in [3.63, 3.8) is 0 Å². The summed E-state index contributed by atoms with van der Waals surface area (Å²) in [7, 11) is -3.71. The summed E-state index contributed by atoms with van der Waals surface area (Å²) < 4.78 is 23.8. The highest BCUT2D eigenvalue weighted by Gasteiger charge is 2.23. The van der Waals surface area contributed by atoms with Crippen LogP contribution in [0.5, 0.6) is 0 Å². The predicted octanol–water partition coefficient (Wildman–Crippen LogP) is 0.850. The number of nitrogens with zero attached hydrogens (tertiary/aromatic N) is 2. The van der Waals surface area contributed by atoms with Crippen LogP contribution in [0, 0.1) is 0 Å². The van der Waals surface area contributed by atoms with E-state index in [0.717, 1.165) is 31.9 Å². The van der Waals surface area contributed by atoms with Crippen molar-refractivity contribution in [3.05, 3.63) is 35.9 Å². The summed E-state index contributed by atoms with van der Waals surface area (Å²) >= 11 is 0. The van der Waals surface area contributed by atoms with Crippen LogP contribution in [0.2, 0.25) is 0 Å². The van der Waals surface area contributed by atoms with Gasteiger partial charge in [-0.05, 0) is 25.0 Å². The summed E-state index contributed by atoms with van der Waals surface area (Å²) in [4.78, 5) is 16.5. The molecule has 1 aromatic carbocycles. The van der Waals surface area contributed by atoms with Gasteiger partial charge in [0.05, 0.1) is 12.3 Å². The molecule has 0 heterocycles. The summed E-state index contributed by atoms with van der Waals surface area (Å²) in [5.74, 6) is 5.02. The van der Waals surface area contributed by atoms with E-state index in [0.29, 0.717) is 9.98 Å². The van der Waals surface area contributed by atoms with Gasteiger partial charge in [0, 0.05) is 5.56 Å². The van der Waals surface area contributed by atoms with Crippen molar-refractivity contribution >= 4 is 21.9 Å². The lowest BCUT2D eigenvalue weighted by Crippen LogP contribution is -2.51. The number of hydrazine groups is 1. The third-order valence-electron chi connectivity index (χ3n) is 3.46. The fourth-order valence-electron chi connectivity index (χ4n) is 2.27. The lowest BCUT2D eigenvalue weighted by Gasteiger charge is -2.20. The van der Waals surface area contributed by atoms with Crippen molar-refractivity contribution in [2.45, 2.75) is 31.7 Å². The maximum Gasteiger partial charge on any atom is 0.258 e. The second-order valence-electron chi connectivity index (χ2n) is 5.27. The van der Waals surface area contributed by atoms with Crippen LogP contribution in [0.15, 0.2) is 35.3 Å². The van der Waals surface area contributed by atoms with Gasteiger partial charge in [-0.3, -0.25) is 10.1 Å². The molecule has 0 saturated heterocycles. The number of carbonyl (C=O) groups excluding carboxylic acids is 1. The molecule has 1 saturated carbocycles. The molecular formula is C14H20N4O3S. The Kier molecular flexibility index (Phi) is 5.15. The second kappa shape index (κ2) is 6.89. The van der Waals surface area contributed by atoms with Crippen molar-refractivity contribution in [1.29, 1.82) is 0 Å². The largest absolute Gasteiger partial charge is 0.290 e. The van der Waals surface area contributed by atoms with Crippen molar-refractivity contribution in [3.8, 4) is 0 Å². The molecule has 3 N–H and O–H groups in total. The highest BCUT2D eigenvalue weighted by Crippen LogP contribution is 2.21. The molecule has 22 heavy (non-hydrogen) atoms. The molecule has 1 aliphatic rings. The van der Waals surface area contributed by atoms with E-state index in [-0.39, 0.29) is 12.0 Å². The van der Waals surface area contributed by atoms with Gasteiger partial charge in [0.25, 0.3) is 5.91 Å². The van der Waals surface area contributed by atoms with Crippen LogP contribution in [0.25, 0.3) is 0 Å². The Morgan fingerprint density at radius 2 is 1.86 bits per heavy atom. The van der Waals surface area contributed by atoms with Crippen LogP contribution in [0.1, 0.15) is 36.0 Å². The number of nitrogens with two attached hydrogens (primary N) is 1. The van der Waals surface area contributed by atoms with Crippen molar-refractivity contribution in [2.75, 3.05) is 6.26 Å². The monoisotopic (exact) mass is 324 g/mol. The number of guanidine groups is 1. The maximum atomic E-state index is 12.2. The molecule has 0 atom stereocenters. The highest BCUT2D eigenvalue weighted by molar-refractivity contribution is 7.88. The van der Waals surface area contributed by atoms with Crippen LogP contribution in [-0.4, -0.2) is 37.0 Å². The van der Waals surface area contributed by atoms with E-state index in [1.54, 1.807) is 30.3 Å². The first-order chi connectivity index (χ1) is 10.4. The maximum absolute atomic E-state index is 12.2. The van der Waals surface area contributed by atoms with Gasteiger partial charge in [-0.2, -0.15) is 4.41 Å². The quantitative estimate of drug-likeness (QED) is 0.372. The van der Waals surface area contributed by atoms with E-state index in [1.807, 2.05) is 0 Å². The first-order valence-electron chi connectivity index (χ1n) is 7.07. The minimum atomic E-state index is -3.71. The number of hydrogen-bond acceptors (Lipinski definition) is 5. The highest BCUT2D eigenvalue weighted by atomic mass is 32.2. The van der Waals surface area contributed by atoms with Gasteiger partial charge < -0.3 is 0 Å². The van der Waals surface area contributed by atoms with Gasteiger partial charge in [-0.25, -0.2) is 19.3 Å². The minimum Gasteiger partial charge on any atom is -0.290 e. The molecule has 120 valence electrons. The number of amides is 1. The summed E-state index contributed by atoms with van der Waals surface area (Å²) in [6.07, 6.45) is 4.77. The molecule has 2 rings (SSSR count). The van der Waals surface area contributed by atoms with Crippen LogP contribution >= 0.6 is 0 Å². The van der Waals surface area contributed by atoms with Crippen molar-refractivity contribution in [1.82, 2.24) is 9.73 Å². The van der Waals surface area contributed by atoms with Crippen LogP contribution in [0.4, 0.5) is 0 Å². The Bertz CT molecular complexity index is 652. The standard InChI is InChI=1S/C14H20N4O3S/c1-22(20,21)18(15)14(16-12-9-5-6-10-12)17-13(19)11-7-3-2-4-8-11/h2-4,7-8,12H,5-6,9-10,15H2,1H3,(H,16,17,19). The summed E-state index contributed by atoms with van der Waals surface area (Å²) in [5.41, 5.74) is 0.406. The summed E-state index contributed by atoms with van der Waals surface area (Å²) in [5, 5.41) is 2.50. The first-order valence-corrected chi connectivity index (χ1v) is 8.92. The number of nitrogens with one attached hydrogen (secondary N) is 1. The minimum absolute atomic E-state index is 0.0149. The van der Waals surface area contributed by atoms with E-state index in [2.05, 4.69) is 10.3 Å². The van der Waals surface area contributed by atoms with Crippen molar-refractivity contribution < 1.29 is 13.2 Å². The van der Waals surface area contributed by atoms with Crippen LogP contribution in [-0.2, 0) is 10.0 Å². The topological polar surface area (TPSA) is 105 Å². The second-order valence-corrected chi connectivity index (χ2v) is 7.13. The zero-order valence-corrected chi connectivity index (χ0v) is 13.2. The fraction of sp³-hybridized carbons (Fsp3) is 0.429. The lowest BCUT2D eigenvalue weighted by atomic mass is 10.2. The van der Waals surface area contributed by atoms with E-state index in [1.165, 1.54) is 0 Å². The Morgan fingerprint density at radius 3 is 2.41 bits per heavy atom. The number of benzene rings is 1. The van der Waals surface area contributed by atoms with Gasteiger partial charge in [0.2, 0.25) is 16.0 Å². The number of hydrogen-bond donors (Lipinski definition) is 2. The Balaban J connectivity index is 2.22. The third kappa shape index (κ3) is 4.28. The Morgan fingerprint density at radius 1 is 1.27 bits per heavy atom. The number of rotatable bonds is 3. The van der Waals surface area contributed by atoms with Gasteiger partial charge in [-0.1, -0.05) is 31.0 Å². The van der Waals surface area contributed by atoms with Gasteiger partial charge in [0.1, 0.15) is 0 Å². The Hall–Kier alpha value is -1.93. The van der Waals surface area contributed by atoms with Crippen LogP contribution < -0.4 is 11.2 Å². The first kappa shape index (κ1) is 16.4. The molecule has 0 bridgehead atoms. The third-order valence-corrected chi connectivity index (χ3v) is 4.34. The molecule has 1 amide bonds. The zero-order valence-electron chi connectivity index (χ0n) is 12.4. The molecule has 0 aliphatic heterocycles. The van der Waals surface area contributed by atoms with E-state index < -0.39 is 15.9 Å². The average Bonchev–Trinajstić information content (AvgIpc) is 2.98. The van der Waals surface area contributed by atoms with Gasteiger partial charge in [0.15, 0.2) is 0 Å². The number of sulfonamides is 1. The molecule has 8 heteroatoms. The molecule has 0 spiro atoms. The predicted molar refractivity (Wildman–Crippen MR) is 84.5 cm³/mol. The van der Waals surface area contributed by atoms with Crippen molar-refractivity contribution in [2.24, 2.45) is 10.8 Å². The molecule has 0 radical (unpaired) electrons. The fourth-order valence-corrected chi connectivity index (χ4v) is 2.68. The van der Waals surface area contributed by atoms with Gasteiger partial charge >= 0.3 is 0 Å². The Labute approximate surface area is 130 Å². The normalized spacial score (nSPS) is 16.5. The molecule has 7 nitrogen and oxygen atoms in total. The van der Waals surface area contributed by atoms with Gasteiger partial charge in [-0.15, -0.1) is 0 Å². The molecule has 1 fully saturated rings. The lowest BCUT2D eigenvalue weighted by molar-refractivity contribution is 0.0974. The molecule has 0 unspecified atom stereocenters. The molecule has 1 aromatic rings. The molecular weight excluding hydrogens is 304 g/mol. The van der Waals surface area contributed by atoms with Crippen LogP contribution in [0.3, 0.4) is 0 Å². The SMILES string of the molecule is CS(=O)(=O)N(N)C(=NC1CCCC1)NC(=O)c1ccccc1. The van der Waals surface area contributed by atoms with E-state index in [9.17, 15) is 13.2 Å². The number of aliphatic imine (C=N–C) groups is 1. The number of carbonyl (C=O) groups is 1. The summed E-state index contributed by atoms with van der Waals surface area (Å²) in [6.45, 7) is 0.